The molecule has 0 aliphatic carbocycles. The Hall–Kier alpha value is 0.0500. The Morgan fingerprint density at radius 2 is 2.00 bits per heavy atom. The molecule has 0 amide bonds. The molecule has 7 heteroatoms. The van der Waals surface area contributed by atoms with E-state index in [2.05, 4.69) is 10.4 Å². The molecule has 0 fully saturated rings. The predicted octanol–water partition coefficient (Wildman–Crippen LogP) is 0.818. The van der Waals surface area contributed by atoms with E-state index in [-0.39, 0.29) is 12.7 Å². The van der Waals surface area contributed by atoms with Crippen molar-refractivity contribution < 1.29 is 9.94 Å². The van der Waals surface area contributed by atoms with E-state index in [0.29, 0.717) is 11.8 Å². The van der Waals surface area contributed by atoms with Gasteiger partial charge in [0.15, 0.2) is 0 Å². The maximum absolute atomic E-state index is 11.1. The number of unbranched alkanes of at least 4 members (excludes halogenated alkanes) is 3. The van der Waals surface area contributed by atoms with Crippen molar-refractivity contribution in [1.29, 1.82) is 0 Å². The van der Waals surface area contributed by atoms with Crippen molar-refractivity contribution in [3.63, 3.8) is 0 Å². The minimum absolute atomic E-state index is 0.0803. The smallest absolute Gasteiger partial charge is 0.143 e. The Kier molecular flexibility index (Phi) is 10.6. The second-order valence-corrected chi connectivity index (χ2v) is 3.35. The molecule has 0 aromatic rings. The molecule has 0 saturated carbocycles. The van der Waals surface area contributed by atoms with Gasteiger partial charge in [0.25, 0.3) is 0 Å². The second-order valence-electron chi connectivity index (χ2n) is 3.14. The van der Waals surface area contributed by atoms with Crippen LogP contribution in [0.2, 0.25) is 0 Å². The minimum Gasteiger partial charge on any atom is -0.756 e. The van der Waals surface area contributed by atoms with Crippen LogP contribution in [0.3, 0.4) is 0 Å². The lowest BCUT2D eigenvalue weighted by Crippen LogP contribution is -2.45. The predicted molar refractivity (Wildman–Crippen MR) is 58.3 cm³/mol. The van der Waals surface area contributed by atoms with Crippen molar-refractivity contribution in [3.05, 3.63) is 5.21 Å². The van der Waals surface area contributed by atoms with Crippen molar-refractivity contribution in [1.82, 2.24) is 15.9 Å². The van der Waals surface area contributed by atoms with Crippen LogP contribution in [0.25, 0.3) is 0 Å². The standard InChI is InChI=1S/C8H19ClN3O3/c1-11(12(14)10-15-8-9)6-4-2-3-5-7-13/h10,13H,2-8H2,1H3/q-1. The zero-order valence-corrected chi connectivity index (χ0v) is 9.74. The molecular formula is C8H19ClN3O3-. The first kappa shape index (κ1) is 15.0. The van der Waals surface area contributed by atoms with Gasteiger partial charge in [0.2, 0.25) is 0 Å². The van der Waals surface area contributed by atoms with Crippen LogP contribution in [0, 0.1) is 5.21 Å². The number of hydrogen-bond acceptors (Lipinski definition) is 6. The van der Waals surface area contributed by atoms with Gasteiger partial charge in [-0.3, -0.25) is 4.84 Å². The first-order chi connectivity index (χ1) is 7.22. The Balaban J connectivity index is 3.34. The fourth-order valence-corrected chi connectivity index (χ4v) is 1.09. The molecule has 0 radical (unpaired) electrons. The lowest BCUT2D eigenvalue weighted by Gasteiger charge is -2.36. The Bertz CT molecular complexity index is 142. The van der Waals surface area contributed by atoms with E-state index in [1.165, 1.54) is 5.01 Å². The van der Waals surface area contributed by atoms with E-state index < -0.39 is 0 Å². The van der Waals surface area contributed by atoms with Crippen LogP contribution in [-0.2, 0) is 4.84 Å². The molecule has 0 aliphatic heterocycles. The third kappa shape index (κ3) is 9.01. The summed E-state index contributed by atoms with van der Waals surface area (Å²) in [5, 5.41) is 21.6. The van der Waals surface area contributed by atoms with Gasteiger partial charge in [-0.1, -0.05) is 24.4 Å². The maximum Gasteiger partial charge on any atom is 0.143 e. The molecule has 0 rings (SSSR count). The number of rotatable bonds is 10. The lowest BCUT2D eigenvalue weighted by atomic mass is 10.2. The summed E-state index contributed by atoms with van der Waals surface area (Å²) < 4.78 is 0. The Morgan fingerprint density at radius 1 is 1.33 bits per heavy atom. The zero-order valence-electron chi connectivity index (χ0n) is 8.99. The number of hydrogen-bond donors (Lipinski definition) is 2. The van der Waals surface area contributed by atoms with Gasteiger partial charge in [-0.2, -0.15) is 0 Å². The van der Waals surface area contributed by atoms with Gasteiger partial charge in [-0.05, 0) is 12.8 Å². The van der Waals surface area contributed by atoms with Crippen LogP contribution < -0.4 is 5.59 Å². The number of nitrogens with one attached hydrogen (secondary N) is 1. The summed E-state index contributed by atoms with van der Waals surface area (Å²) in [4.78, 5) is 4.52. The van der Waals surface area contributed by atoms with Gasteiger partial charge in [0, 0.05) is 20.2 Å². The highest BCUT2D eigenvalue weighted by Gasteiger charge is 1.99. The van der Waals surface area contributed by atoms with Crippen molar-refractivity contribution in [2.24, 2.45) is 0 Å². The topological polar surface area (TPSA) is 71.0 Å². The van der Waals surface area contributed by atoms with Gasteiger partial charge < -0.3 is 10.3 Å². The van der Waals surface area contributed by atoms with Gasteiger partial charge in [-0.25, -0.2) is 10.3 Å². The summed E-state index contributed by atoms with van der Waals surface area (Å²) >= 11 is 5.22. The number of nitrogens with zero attached hydrogens (tertiary/aromatic N) is 2. The van der Waals surface area contributed by atoms with Crippen molar-refractivity contribution >= 4 is 11.6 Å². The molecule has 2 N–H and O–H groups in total. The highest BCUT2D eigenvalue weighted by atomic mass is 35.5. The molecule has 0 bridgehead atoms. The SMILES string of the molecule is CN(CCCCCCO)N([O-])NOCCl. The third-order valence-electron chi connectivity index (χ3n) is 1.90. The largest absolute Gasteiger partial charge is 0.756 e. The normalized spacial score (nSPS) is 11.6. The maximum atomic E-state index is 11.1. The lowest BCUT2D eigenvalue weighted by molar-refractivity contribution is -0.138. The van der Waals surface area contributed by atoms with Gasteiger partial charge in [0.05, 0.1) is 0 Å². The molecule has 0 aliphatic rings. The quantitative estimate of drug-likeness (QED) is 0.335. The molecule has 6 nitrogen and oxygen atoms in total. The molecule has 0 heterocycles. The van der Waals surface area contributed by atoms with E-state index >= 15 is 0 Å². The van der Waals surface area contributed by atoms with Crippen molar-refractivity contribution in [2.45, 2.75) is 25.7 Å². The van der Waals surface area contributed by atoms with Gasteiger partial charge >= 0.3 is 0 Å². The molecule has 0 saturated heterocycles. The first-order valence-electron chi connectivity index (χ1n) is 4.95. The summed E-state index contributed by atoms with van der Waals surface area (Å²) in [5.41, 5.74) is 2.12. The Morgan fingerprint density at radius 3 is 2.60 bits per heavy atom. The van der Waals surface area contributed by atoms with Crippen LogP contribution in [0.15, 0.2) is 0 Å². The highest BCUT2D eigenvalue weighted by molar-refractivity contribution is 6.17. The Labute approximate surface area is 95.2 Å². The van der Waals surface area contributed by atoms with E-state index in [0.717, 1.165) is 25.7 Å². The van der Waals surface area contributed by atoms with E-state index in [4.69, 9.17) is 16.7 Å². The summed E-state index contributed by atoms with van der Waals surface area (Å²) in [6.07, 6.45) is 3.69. The van der Waals surface area contributed by atoms with Crippen LogP contribution in [0.4, 0.5) is 0 Å². The van der Waals surface area contributed by atoms with E-state index in [9.17, 15) is 5.21 Å². The van der Waals surface area contributed by atoms with Gasteiger partial charge in [-0.15, -0.1) is 5.59 Å². The highest BCUT2D eigenvalue weighted by Crippen LogP contribution is 2.01. The van der Waals surface area contributed by atoms with Crippen LogP contribution in [0.1, 0.15) is 25.7 Å². The molecule has 92 valence electrons. The summed E-state index contributed by atoms with van der Waals surface area (Å²) in [5.74, 6) is 0. The minimum atomic E-state index is -0.0803. The van der Waals surface area contributed by atoms with E-state index in [1.807, 2.05) is 0 Å². The summed E-state index contributed by atoms with van der Waals surface area (Å²) in [6.45, 7) is 0.863. The zero-order chi connectivity index (χ0) is 11.5. The molecule has 0 aromatic heterocycles. The second kappa shape index (κ2) is 10.6. The fourth-order valence-electron chi connectivity index (χ4n) is 1.05. The molecular weight excluding hydrogens is 222 g/mol. The summed E-state index contributed by atoms with van der Waals surface area (Å²) in [6, 6.07) is -0.0803. The molecule has 0 atom stereocenters. The number of alkyl halides is 1. The number of hydrazine groups is 2. The number of aliphatic hydroxyl groups excluding tert-OH is 1. The monoisotopic (exact) mass is 240 g/mol. The molecule has 15 heavy (non-hydrogen) atoms. The number of aliphatic hydroxyl groups is 1. The molecule has 0 spiro atoms. The van der Waals surface area contributed by atoms with Crippen LogP contribution in [-0.4, -0.2) is 41.7 Å². The van der Waals surface area contributed by atoms with E-state index in [1.54, 1.807) is 7.05 Å². The van der Waals surface area contributed by atoms with Crippen molar-refractivity contribution in [2.75, 3.05) is 26.3 Å². The van der Waals surface area contributed by atoms with Gasteiger partial charge in [0.1, 0.15) is 6.07 Å². The first-order valence-corrected chi connectivity index (χ1v) is 5.48. The average Bonchev–Trinajstić information content (AvgIpc) is 2.25. The van der Waals surface area contributed by atoms with Crippen molar-refractivity contribution in [3.8, 4) is 0 Å². The van der Waals surface area contributed by atoms with Crippen LogP contribution in [0.5, 0.6) is 0 Å². The third-order valence-corrected chi connectivity index (χ3v) is 2.01. The fraction of sp³-hybridized carbons (Fsp3) is 1.00. The van der Waals surface area contributed by atoms with Crippen LogP contribution >= 0.6 is 11.6 Å². The number of halogens is 1. The average molecular weight is 241 g/mol. The molecule has 0 unspecified atom stereocenters. The molecule has 0 aromatic carbocycles. The summed E-state index contributed by atoms with van der Waals surface area (Å²) in [7, 11) is 1.66.